The van der Waals surface area contributed by atoms with Gasteiger partial charge in [0.15, 0.2) is 0 Å². The first kappa shape index (κ1) is 13.8. The molecule has 1 aliphatic rings. The van der Waals surface area contributed by atoms with Crippen molar-refractivity contribution in [1.29, 1.82) is 0 Å². The summed E-state index contributed by atoms with van der Waals surface area (Å²) in [7, 11) is 0. The minimum atomic E-state index is 0.522. The first-order chi connectivity index (χ1) is 9.66. The largest absolute Gasteiger partial charge is 0.314 e. The summed E-state index contributed by atoms with van der Waals surface area (Å²) in [6.45, 7) is 8.27. The Morgan fingerprint density at radius 2 is 2.20 bits per heavy atom. The summed E-state index contributed by atoms with van der Waals surface area (Å²) in [5.74, 6) is 0. The fourth-order valence-corrected chi connectivity index (χ4v) is 3.04. The van der Waals surface area contributed by atoms with E-state index < -0.39 is 0 Å². The van der Waals surface area contributed by atoms with Crippen LogP contribution in [-0.2, 0) is 6.54 Å². The van der Waals surface area contributed by atoms with Crippen molar-refractivity contribution >= 4 is 22.5 Å². The number of piperazine rings is 1. The zero-order chi connectivity index (χ0) is 14.1. The number of halogens is 1. The highest BCUT2D eigenvalue weighted by Crippen LogP contribution is 2.28. The number of pyridine rings is 1. The minimum Gasteiger partial charge on any atom is -0.314 e. The summed E-state index contributed by atoms with van der Waals surface area (Å²) in [6.07, 6.45) is 0. The molecule has 1 aliphatic heterocycles. The maximum absolute atomic E-state index is 6.53. The van der Waals surface area contributed by atoms with Crippen LogP contribution in [0, 0.1) is 6.92 Å². The summed E-state index contributed by atoms with van der Waals surface area (Å²) in [5.41, 5.74) is 3.17. The van der Waals surface area contributed by atoms with E-state index in [1.807, 2.05) is 12.1 Å². The van der Waals surface area contributed by atoms with E-state index in [4.69, 9.17) is 16.6 Å². The lowest BCUT2D eigenvalue weighted by atomic mass is 10.1. The summed E-state index contributed by atoms with van der Waals surface area (Å²) in [6, 6.07) is 8.73. The summed E-state index contributed by atoms with van der Waals surface area (Å²) in [5, 5.41) is 5.37. The van der Waals surface area contributed by atoms with Crippen LogP contribution in [0.25, 0.3) is 10.9 Å². The Morgan fingerprint density at radius 3 is 3.00 bits per heavy atom. The van der Waals surface area contributed by atoms with Gasteiger partial charge in [-0.15, -0.1) is 0 Å². The second kappa shape index (κ2) is 5.68. The highest BCUT2D eigenvalue weighted by Gasteiger charge is 2.20. The van der Waals surface area contributed by atoms with Crippen LogP contribution in [-0.4, -0.2) is 35.6 Å². The second-order valence-corrected chi connectivity index (χ2v) is 5.92. The van der Waals surface area contributed by atoms with Crippen molar-refractivity contribution in [3.8, 4) is 0 Å². The first-order valence-electron chi connectivity index (χ1n) is 7.15. The van der Waals surface area contributed by atoms with E-state index in [1.165, 1.54) is 0 Å². The van der Waals surface area contributed by atoms with Gasteiger partial charge in [0, 0.05) is 37.6 Å². The van der Waals surface area contributed by atoms with Crippen LogP contribution >= 0.6 is 11.6 Å². The van der Waals surface area contributed by atoms with Gasteiger partial charge in [0.25, 0.3) is 0 Å². The highest BCUT2D eigenvalue weighted by molar-refractivity contribution is 6.32. The lowest BCUT2D eigenvalue weighted by Crippen LogP contribution is -2.49. The van der Waals surface area contributed by atoms with Gasteiger partial charge in [-0.05, 0) is 25.5 Å². The molecule has 1 fully saturated rings. The van der Waals surface area contributed by atoms with E-state index >= 15 is 0 Å². The third-order valence-electron chi connectivity index (χ3n) is 4.14. The van der Waals surface area contributed by atoms with Crippen molar-refractivity contribution in [3.05, 3.63) is 40.5 Å². The molecule has 1 saturated heterocycles. The van der Waals surface area contributed by atoms with E-state index in [2.05, 4.69) is 36.2 Å². The van der Waals surface area contributed by atoms with Gasteiger partial charge in [0.2, 0.25) is 0 Å². The summed E-state index contributed by atoms with van der Waals surface area (Å²) in [4.78, 5) is 7.21. The molecule has 1 N–H and O–H groups in total. The average Bonchev–Trinajstić information content (AvgIpc) is 2.47. The van der Waals surface area contributed by atoms with Gasteiger partial charge in [-0.1, -0.05) is 29.8 Å². The highest BCUT2D eigenvalue weighted by atomic mass is 35.5. The monoisotopic (exact) mass is 289 g/mol. The first-order valence-corrected chi connectivity index (χ1v) is 7.53. The zero-order valence-electron chi connectivity index (χ0n) is 12.0. The van der Waals surface area contributed by atoms with Gasteiger partial charge in [0.05, 0.1) is 16.2 Å². The van der Waals surface area contributed by atoms with E-state index in [0.29, 0.717) is 6.04 Å². The molecule has 3 nitrogen and oxygen atoms in total. The van der Waals surface area contributed by atoms with Gasteiger partial charge < -0.3 is 5.32 Å². The number of nitrogens with one attached hydrogen (secondary N) is 1. The summed E-state index contributed by atoms with van der Waals surface area (Å²) >= 11 is 6.53. The molecule has 106 valence electrons. The van der Waals surface area contributed by atoms with Gasteiger partial charge >= 0.3 is 0 Å². The fourth-order valence-electron chi connectivity index (χ4n) is 2.83. The third kappa shape index (κ3) is 2.53. The number of aryl methyl sites for hydroxylation is 1. The van der Waals surface area contributed by atoms with E-state index in [9.17, 15) is 0 Å². The Morgan fingerprint density at radius 1 is 1.40 bits per heavy atom. The Balaban J connectivity index is 1.97. The van der Waals surface area contributed by atoms with Crippen LogP contribution in [0.5, 0.6) is 0 Å². The number of fused-ring (bicyclic) bond motifs is 1. The molecule has 1 aromatic carbocycles. The molecule has 0 amide bonds. The van der Waals surface area contributed by atoms with Crippen molar-refractivity contribution in [2.45, 2.75) is 26.4 Å². The smallest absolute Gasteiger partial charge is 0.0740 e. The number of aromatic nitrogens is 1. The van der Waals surface area contributed by atoms with Gasteiger partial charge in [-0.2, -0.15) is 0 Å². The normalized spacial score (nSPS) is 20.4. The van der Waals surface area contributed by atoms with Gasteiger partial charge in [-0.3, -0.25) is 4.90 Å². The number of benzene rings is 1. The topological polar surface area (TPSA) is 28.2 Å². The Bertz CT molecular complexity index is 626. The SMILES string of the molecule is Cc1c(Cl)c(CN2CCNC[C@H]2C)nc2ccccc12. The molecule has 2 aromatic rings. The Hall–Kier alpha value is -1.16. The van der Waals surface area contributed by atoms with Crippen LogP contribution < -0.4 is 5.32 Å². The Labute approximate surface area is 124 Å². The number of rotatable bonds is 2. The molecule has 1 atom stereocenters. The van der Waals surface area contributed by atoms with Crippen LogP contribution in [0.2, 0.25) is 5.02 Å². The second-order valence-electron chi connectivity index (χ2n) is 5.54. The Kier molecular flexibility index (Phi) is 3.92. The molecule has 0 unspecified atom stereocenters. The molecule has 3 rings (SSSR count). The number of hydrogen-bond acceptors (Lipinski definition) is 3. The molecule has 0 radical (unpaired) electrons. The molecule has 0 bridgehead atoms. The molecule has 1 aromatic heterocycles. The number of para-hydroxylation sites is 1. The number of hydrogen-bond donors (Lipinski definition) is 1. The van der Waals surface area contributed by atoms with Crippen molar-refractivity contribution in [3.63, 3.8) is 0 Å². The molecular formula is C16H20ClN3. The lowest BCUT2D eigenvalue weighted by molar-refractivity contribution is 0.164. The maximum Gasteiger partial charge on any atom is 0.0740 e. The number of nitrogens with zero attached hydrogens (tertiary/aromatic N) is 2. The van der Waals surface area contributed by atoms with Gasteiger partial charge in [0.1, 0.15) is 0 Å². The van der Waals surface area contributed by atoms with Crippen LogP contribution in [0.4, 0.5) is 0 Å². The lowest BCUT2D eigenvalue weighted by Gasteiger charge is -2.33. The zero-order valence-corrected chi connectivity index (χ0v) is 12.7. The summed E-state index contributed by atoms with van der Waals surface area (Å²) < 4.78 is 0. The van der Waals surface area contributed by atoms with Crippen molar-refractivity contribution < 1.29 is 0 Å². The third-order valence-corrected chi connectivity index (χ3v) is 4.64. The van der Waals surface area contributed by atoms with Crippen LogP contribution in [0.3, 0.4) is 0 Å². The molecule has 20 heavy (non-hydrogen) atoms. The quantitative estimate of drug-likeness (QED) is 0.921. The van der Waals surface area contributed by atoms with Crippen LogP contribution in [0.1, 0.15) is 18.2 Å². The molecule has 0 saturated carbocycles. The molecular weight excluding hydrogens is 270 g/mol. The molecule has 4 heteroatoms. The maximum atomic E-state index is 6.53. The predicted molar refractivity (Wildman–Crippen MR) is 84.2 cm³/mol. The van der Waals surface area contributed by atoms with Gasteiger partial charge in [-0.25, -0.2) is 4.98 Å². The standard InChI is InChI=1S/C16H20ClN3/c1-11-9-18-7-8-20(11)10-15-16(17)12(2)13-5-3-4-6-14(13)19-15/h3-6,11,18H,7-10H2,1-2H3/t11-/m1/s1. The fraction of sp³-hybridized carbons (Fsp3) is 0.438. The molecule has 0 aliphatic carbocycles. The average molecular weight is 290 g/mol. The minimum absolute atomic E-state index is 0.522. The van der Waals surface area contributed by atoms with Crippen molar-refractivity contribution in [2.24, 2.45) is 0 Å². The van der Waals surface area contributed by atoms with Crippen molar-refractivity contribution in [2.75, 3.05) is 19.6 Å². The van der Waals surface area contributed by atoms with Crippen LogP contribution in [0.15, 0.2) is 24.3 Å². The van der Waals surface area contributed by atoms with E-state index in [1.54, 1.807) is 0 Å². The van der Waals surface area contributed by atoms with Crippen molar-refractivity contribution in [1.82, 2.24) is 15.2 Å². The van der Waals surface area contributed by atoms with E-state index in [-0.39, 0.29) is 0 Å². The molecule has 0 spiro atoms. The predicted octanol–water partition coefficient (Wildman–Crippen LogP) is 2.99. The van der Waals surface area contributed by atoms with E-state index in [0.717, 1.165) is 53.4 Å². The molecule has 2 heterocycles.